The molecule has 3 nitrogen and oxygen atoms in total. The Morgan fingerprint density at radius 1 is 1.45 bits per heavy atom. The van der Waals surface area contributed by atoms with Crippen molar-refractivity contribution in [2.45, 2.75) is 32.2 Å². The SMILES string of the molecule is CCN(CC1CCC1)C(CN)c1c(Cl)cccc1OC. The second kappa shape index (κ2) is 7.30. The third-order valence-electron chi connectivity index (χ3n) is 4.35. The molecule has 2 rings (SSSR count). The van der Waals surface area contributed by atoms with Crippen LogP contribution in [0.15, 0.2) is 18.2 Å². The number of ether oxygens (including phenoxy) is 1. The van der Waals surface area contributed by atoms with Crippen molar-refractivity contribution >= 4 is 11.6 Å². The van der Waals surface area contributed by atoms with Gasteiger partial charge in [-0.25, -0.2) is 0 Å². The van der Waals surface area contributed by atoms with Crippen molar-refractivity contribution in [2.24, 2.45) is 11.7 Å². The second-order valence-corrected chi connectivity index (χ2v) is 5.90. The zero-order valence-electron chi connectivity index (χ0n) is 12.4. The number of hydrogen-bond acceptors (Lipinski definition) is 3. The summed E-state index contributed by atoms with van der Waals surface area (Å²) in [5.41, 5.74) is 7.08. The molecule has 1 aromatic rings. The molecule has 112 valence electrons. The molecular formula is C16H25ClN2O. The molecule has 0 radical (unpaired) electrons. The van der Waals surface area contributed by atoms with E-state index in [1.54, 1.807) is 7.11 Å². The average molecular weight is 297 g/mol. The van der Waals surface area contributed by atoms with Crippen molar-refractivity contribution < 1.29 is 4.74 Å². The monoisotopic (exact) mass is 296 g/mol. The Morgan fingerprint density at radius 2 is 2.20 bits per heavy atom. The predicted molar refractivity (Wildman–Crippen MR) is 84.4 cm³/mol. The Kier molecular flexibility index (Phi) is 5.70. The summed E-state index contributed by atoms with van der Waals surface area (Å²) in [6.45, 7) is 4.82. The standard InChI is InChI=1S/C16H25ClN2O/c1-3-19(11-12-6-4-7-12)14(10-18)16-13(17)8-5-9-15(16)20-2/h5,8-9,12,14H,3-4,6-7,10-11,18H2,1-2H3. The van der Waals surface area contributed by atoms with Crippen molar-refractivity contribution in [2.75, 3.05) is 26.7 Å². The number of nitrogens with zero attached hydrogens (tertiary/aromatic N) is 1. The van der Waals surface area contributed by atoms with Crippen LogP contribution in [0.1, 0.15) is 37.8 Å². The molecule has 0 spiro atoms. The molecule has 0 aromatic heterocycles. The van der Waals surface area contributed by atoms with Crippen molar-refractivity contribution in [3.8, 4) is 5.75 Å². The average Bonchev–Trinajstić information content (AvgIpc) is 2.42. The molecule has 1 atom stereocenters. The Bertz CT molecular complexity index is 434. The highest BCUT2D eigenvalue weighted by Gasteiger charge is 2.27. The lowest BCUT2D eigenvalue weighted by Gasteiger charge is -2.37. The third kappa shape index (κ3) is 3.27. The van der Waals surface area contributed by atoms with Gasteiger partial charge >= 0.3 is 0 Å². The van der Waals surface area contributed by atoms with E-state index in [0.29, 0.717) is 6.54 Å². The number of benzene rings is 1. The largest absolute Gasteiger partial charge is 0.496 e. The van der Waals surface area contributed by atoms with E-state index in [4.69, 9.17) is 22.1 Å². The van der Waals surface area contributed by atoms with Gasteiger partial charge < -0.3 is 10.5 Å². The summed E-state index contributed by atoms with van der Waals surface area (Å²) >= 11 is 6.40. The van der Waals surface area contributed by atoms with Crippen LogP contribution in [0.4, 0.5) is 0 Å². The van der Waals surface area contributed by atoms with E-state index >= 15 is 0 Å². The van der Waals surface area contributed by atoms with Crippen LogP contribution >= 0.6 is 11.6 Å². The quantitative estimate of drug-likeness (QED) is 0.837. The first-order valence-corrected chi connectivity index (χ1v) is 7.85. The highest BCUT2D eigenvalue weighted by molar-refractivity contribution is 6.31. The van der Waals surface area contributed by atoms with E-state index in [1.165, 1.54) is 19.3 Å². The molecule has 1 fully saturated rings. The number of likely N-dealkylation sites (N-methyl/N-ethyl adjacent to an activating group) is 1. The molecule has 0 heterocycles. The molecule has 4 heteroatoms. The van der Waals surface area contributed by atoms with Crippen LogP contribution in [0.5, 0.6) is 5.75 Å². The van der Waals surface area contributed by atoms with Gasteiger partial charge in [0, 0.05) is 23.7 Å². The topological polar surface area (TPSA) is 38.5 Å². The minimum atomic E-state index is 0.129. The van der Waals surface area contributed by atoms with Gasteiger partial charge in [0.15, 0.2) is 0 Å². The first-order chi connectivity index (χ1) is 9.71. The first kappa shape index (κ1) is 15.6. The lowest BCUT2D eigenvalue weighted by atomic mass is 9.84. The van der Waals surface area contributed by atoms with Crippen LogP contribution in [0.3, 0.4) is 0 Å². The Morgan fingerprint density at radius 3 is 2.70 bits per heavy atom. The van der Waals surface area contributed by atoms with E-state index in [1.807, 2.05) is 18.2 Å². The van der Waals surface area contributed by atoms with Gasteiger partial charge in [0.05, 0.1) is 13.2 Å². The first-order valence-electron chi connectivity index (χ1n) is 7.47. The Hall–Kier alpha value is -0.770. The normalized spacial score (nSPS) is 17.1. The predicted octanol–water partition coefficient (Wildman–Crippen LogP) is 3.47. The molecule has 20 heavy (non-hydrogen) atoms. The van der Waals surface area contributed by atoms with Crippen LogP contribution in [-0.4, -0.2) is 31.6 Å². The fourth-order valence-corrected chi connectivity index (χ4v) is 3.24. The number of rotatable bonds is 7. The smallest absolute Gasteiger partial charge is 0.125 e. The lowest BCUT2D eigenvalue weighted by Crippen LogP contribution is -2.39. The number of halogens is 1. The molecule has 0 saturated heterocycles. The van der Waals surface area contributed by atoms with E-state index in [-0.39, 0.29) is 6.04 Å². The molecule has 2 N–H and O–H groups in total. The Balaban J connectivity index is 2.24. The van der Waals surface area contributed by atoms with Gasteiger partial charge in [-0.3, -0.25) is 4.90 Å². The summed E-state index contributed by atoms with van der Waals surface area (Å²) < 4.78 is 5.48. The van der Waals surface area contributed by atoms with Crippen molar-refractivity contribution in [3.05, 3.63) is 28.8 Å². The highest BCUT2D eigenvalue weighted by Crippen LogP contribution is 2.36. The van der Waals surface area contributed by atoms with Gasteiger partial charge in [-0.15, -0.1) is 0 Å². The maximum absolute atomic E-state index is 6.40. The molecule has 0 bridgehead atoms. The van der Waals surface area contributed by atoms with Gasteiger partial charge in [0.25, 0.3) is 0 Å². The molecule has 1 aliphatic rings. The maximum atomic E-state index is 6.40. The number of nitrogens with two attached hydrogens (primary N) is 1. The molecule has 1 saturated carbocycles. The van der Waals surface area contributed by atoms with Crippen molar-refractivity contribution in [1.29, 1.82) is 0 Å². The van der Waals surface area contributed by atoms with Crippen LogP contribution in [0.25, 0.3) is 0 Å². The van der Waals surface area contributed by atoms with Crippen LogP contribution in [-0.2, 0) is 0 Å². The van der Waals surface area contributed by atoms with Crippen molar-refractivity contribution in [1.82, 2.24) is 4.90 Å². The van der Waals surface area contributed by atoms with E-state index in [0.717, 1.165) is 35.3 Å². The lowest BCUT2D eigenvalue weighted by molar-refractivity contribution is 0.139. The van der Waals surface area contributed by atoms with E-state index in [2.05, 4.69) is 11.8 Å². The molecule has 1 unspecified atom stereocenters. The third-order valence-corrected chi connectivity index (χ3v) is 4.68. The molecule has 1 aliphatic carbocycles. The molecule has 1 aromatic carbocycles. The minimum Gasteiger partial charge on any atom is -0.496 e. The summed E-state index contributed by atoms with van der Waals surface area (Å²) in [7, 11) is 1.69. The van der Waals surface area contributed by atoms with Gasteiger partial charge in [0.1, 0.15) is 5.75 Å². The van der Waals surface area contributed by atoms with Gasteiger partial charge in [0.2, 0.25) is 0 Å². The van der Waals surface area contributed by atoms with Crippen LogP contribution < -0.4 is 10.5 Å². The second-order valence-electron chi connectivity index (χ2n) is 5.49. The zero-order chi connectivity index (χ0) is 14.5. The summed E-state index contributed by atoms with van der Waals surface area (Å²) in [6, 6.07) is 5.92. The molecular weight excluding hydrogens is 272 g/mol. The number of hydrogen-bond donors (Lipinski definition) is 1. The summed E-state index contributed by atoms with van der Waals surface area (Å²) in [5, 5.41) is 0.742. The van der Waals surface area contributed by atoms with Gasteiger partial charge in [-0.05, 0) is 37.4 Å². The fourth-order valence-electron chi connectivity index (χ4n) is 2.95. The Labute approximate surface area is 127 Å². The van der Waals surface area contributed by atoms with Gasteiger partial charge in [-0.2, -0.15) is 0 Å². The highest BCUT2D eigenvalue weighted by atomic mass is 35.5. The van der Waals surface area contributed by atoms with Gasteiger partial charge in [-0.1, -0.05) is 31.0 Å². The van der Waals surface area contributed by atoms with Crippen molar-refractivity contribution in [3.63, 3.8) is 0 Å². The fraction of sp³-hybridized carbons (Fsp3) is 0.625. The molecule has 0 aliphatic heterocycles. The summed E-state index contributed by atoms with van der Waals surface area (Å²) in [4.78, 5) is 2.44. The summed E-state index contributed by atoms with van der Waals surface area (Å²) in [5.74, 6) is 1.65. The van der Waals surface area contributed by atoms with E-state index in [9.17, 15) is 0 Å². The summed E-state index contributed by atoms with van der Waals surface area (Å²) in [6.07, 6.45) is 4.05. The number of methoxy groups -OCH3 is 1. The van der Waals surface area contributed by atoms with E-state index < -0.39 is 0 Å². The molecule has 0 amide bonds. The maximum Gasteiger partial charge on any atom is 0.125 e. The van der Waals surface area contributed by atoms with Crippen LogP contribution in [0.2, 0.25) is 5.02 Å². The van der Waals surface area contributed by atoms with Crippen LogP contribution in [0, 0.1) is 5.92 Å². The minimum absolute atomic E-state index is 0.129. The zero-order valence-corrected chi connectivity index (χ0v) is 13.2.